The Hall–Kier alpha value is -2.39. The van der Waals surface area contributed by atoms with Crippen LogP contribution in [0.2, 0.25) is 5.02 Å². The number of hydrogen-bond donors (Lipinski definition) is 2. The van der Waals surface area contributed by atoms with Crippen molar-refractivity contribution >= 4 is 35.1 Å². The number of carbonyl (C=O) groups is 3. The van der Waals surface area contributed by atoms with Crippen LogP contribution in [-0.4, -0.2) is 67.7 Å². The number of piperazine rings is 1. The van der Waals surface area contributed by atoms with Gasteiger partial charge in [0.05, 0.1) is 17.5 Å². The first-order valence-corrected chi connectivity index (χ1v) is 10.2. The predicted octanol–water partition coefficient (Wildman–Crippen LogP) is 1.77. The van der Waals surface area contributed by atoms with E-state index in [1.54, 1.807) is 24.0 Å². The number of nitrogens with one attached hydrogen (secondary N) is 2. The maximum atomic E-state index is 13.5. The monoisotopic (exact) mass is 440 g/mol. The second-order valence-electron chi connectivity index (χ2n) is 8.02. The fourth-order valence-corrected chi connectivity index (χ4v) is 4.27. The third-order valence-corrected chi connectivity index (χ3v) is 5.95. The van der Waals surface area contributed by atoms with E-state index in [1.165, 1.54) is 13.2 Å². The van der Waals surface area contributed by atoms with Gasteiger partial charge in [0.2, 0.25) is 5.91 Å². The molecule has 4 amide bonds. The van der Waals surface area contributed by atoms with Crippen LogP contribution in [0.4, 0.5) is 14.9 Å². The third-order valence-electron chi connectivity index (χ3n) is 5.66. The zero-order valence-corrected chi connectivity index (χ0v) is 18.0. The highest BCUT2D eigenvalue weighted by Crippen LogP contribution is 2.28. The van der Waals surface area contributed by atoms with Gasteiger partial charge in [-0.2, -0.15) is 0 Å². The first-order chi connectivity index (χ1) is 14.1. The second kappa shape index (κ2) is 8.77. The molecule has 1 aromatic rings. The largest absolute Gasteiger partial charge is 0.384 e. The van der Waals surface area contributed by atoms with Gasteiger partial charge < -0.3 is 19.9 Å². The zero-order valence-electron chi connectivity index (χ0n) is 17.2. The molecule has 2 aliphatic rings. The van der Waals surface area contributed by atoms with Crippen molar-refractivity contribution in [3.05, 3.63) is 29.0 Å². The quantitative estimate of drug-likeness (QED) is 0.658. The van der Waals surface area contributed by atoms with Gasteiger partial charge in [-0.05, 0) is 38.5 Å². The number of halogens is 2. The molecule has 3 rings (SSSR count). The molecular formula is C20H26ClFN4O4. The van der Waals surface area contributed by atoms with E-state index in [0.29, 0.717) is 19.6 Å². The lowest BCUT2D eigenvalue weighted by Gasteiger charge is -2.42. The molecule has 10 heteroatoms. The summed E-state index contributed by atoms with van der Waals surface area (Å²) in [5.74, 6) is -1.63. The van der Waals surface area contributed by atoms with Gasteiger partial charge in [0.15, 0.2) is 0 Å². The highest BCUT2D eigenvalue weighted by molar-refractivity contribution is 6.31. The normalized spacial score (nSPS) is 25.2. The molecular weight excluding hydrogens is 415 g/mol. The molecule has 0 aliphatic carbocycles. The molecule has 8 nitrogen and oxygen atoms in total. The van der Waals surface area contributed by atoms with Crippen molar-refractivity contribution < 1.29 is 23.5 Å². The summed E-state index contributed by atoms with van der Waals surface area (Å²) >= 11 is 5.91. The van der Waals surface area contributed by atoms with E-state index in [1.807, 2.05) is 6.92 Å². The predicted molar refractivity (Wildman–Crippen MR) is 110 cm³/mol. The molecule has 2 heterocycles. The lowest BCUT2D eigenvalue weighted by atomic mass is 9.88. The average Bonchev–Trinajstić information content (AvgIpc) is 2.94. The summed E-state index contributed by atoms with van der Waals surface area (Å²) < 4.78 is 18.7. The fourth-order valence-electron chi connectivity index (χ4n) is 4.10. The Morgan fingerprint density at radius 3 is 2.70 bits per heavy atom. The van der Waals surface area contributed by atoms with Crippen molar-refractivity contribution in [3.8, 4) is 0 Å². The van der Waals surface area contributed by atoms with Crippen LogP contribution in [0.15, 0.2) is 18.2 Å². The summed E-state index contributed by atoms with van der Waals surface area (Å²) in [7, 11) is 1.49. The number of urea groups is 1. The van der Waals surface area contributed by atoms with E-state index in [9.17, 15) is 18.8 Å². The van der Waals surface area contributed by atoms with Gasteiger partial charge >= 0.3 is 6.03 Å². The van der Waals surface area contributed by atoms with Crippen LogP contribution in [0.25, 0.3) is 0 Å². The molecule has 2 saturated heterocycles. The molecule has 30 heavy (non-hydrogen) atoms. The minimum Gasteiger partial charge on any atom is -0.384 e. The van der Waals surface area contributed by atoms with Crippen LogP contribution in [0.5, 0.6) is 0 Å². The van der Waals surface area contributed by atoms with Crippen LogP contribution in [0, 0.1) is 11.7 Å². The molecule has 164 valence electrons. The fraction of sp³-hybridized carbons (Fsp3) is 0.550. The van der Waals surface area contributed by atoms with Crippen molar-refractivity contribution in [1.29, 1.82) is 0 Å². The molecule has 0 bridgehead atoms. The van der Waals surface area contributed by atoms with Gasteiger partial charge in [0.1, 0.15) is 11.4 Å². The van der Waals surface area contributed by atoms with E-state index in [-0.39, 0.29) is 30.0 Å². The number of ether oxygens (including phenoxy) is 1. The minimum absolute atomic E-state index is 0.0162. The van der Waals surface area contributed by atoms with Crippen molar-refractivity contribution in [2.45, 2.75) is 31.8 Å². The summed E-state index contributed by atoms with van der Waals surface area (Å²) in [5.41, 5.74) is -0.360. The number of nitrogens with zero attached hydrogens (tertiary/aromatic N) is 2. The van der Waals surface area contributed by atoms with E-state index in [2.05, 4.69) is 15.5 Å². The Balaban J connectivity index is 1.69. The number of imide groups is 1. The summed E-state index contributed by atoms with van der Waals surface area (Å²) in [6.07, 6.45) is 0.138. The van der Waals surface area contributed by atoms with Gasteiger partial charge in [0, 0.05) is 38.5 Å². The number of amides is 4. The summed E-state index contributed by atoms with van der Waals surface area (Å²) in [6.45, 7) is 5.20. The summed E-state index contributed by atoms with van der Waals surface area (Å²) in [6, 6.07) is 4.01. The highest BCUT2D eigenvalue weighted by atomic mass is 35.5. The number of hydrogen-bond acceptors (Lipinski definition) is 5. The van der Waals surface area contributed by atoms with E-state index < -0.39 is 29.2 Å². The highest BCUT2D eigenvalue weighted by Gasteiger charge is 2.45. The number of methoxy groups -OCH3 is 1. The molecule has 1 aromatic carbocycles. The summed E-state index contributed by atoms with van der Waals surface area (Å²) in [5, 5.41) is 4.87. The Labute approximate surface area is 179 Å². The molecule has 2 N–H and O–H groups in total. The Bertz CT molecular complexity index is 854. The van der Waals surface area contributed by atoms with E-state index in [0.717, 1.165) is 5.69 Å². The maximum absolute atomic E-state index is 13.5. The maximum Gasteiger partial charge on any atom is 0.322 e. The van der Waals surface area contributed by atoms with E-state index >= 15 is 0 Å². The number of benzene rings is 1. The average molecular weight is 441 g/mol. The molecule has 2 fully saturated rings. The van der Waals surface area contributed by atoms with Crippen LogP contribution in [0.3, 0.4) is 0 Å². The number of anilines is 1. The Morgan fingerprint density at radius 2 is 2.13 bits per heavy atom. The standard InChI is InChI=1S/C20H26ClFN4O4/c1-12-10-25(6-7-26(12)14-4-5-16(22)15(21)8-14)17(27)13(11-30-3)9-20(2)18(28)23-19(29)24-20/h4-5,8,12-13H,6-7,9-11H2,1-3H3,(H2,23,24,28,29). The molecule has 0 radical (unpaired) electrons. The number of rotatable bonds is 6. The lowest BCUT2D eigenvalue weighted by Crippen LogP contribution is -2.56. The van der Waals surface area contributed by atoms with Crippen LogP contribution >= 0.6 is 11.6 Å². The van der Waals surface area contributed by atoms with Gasteiger partial charge in [0.25, 0.3) is 5.91 Å². The van der Waals surface area contributed by atoms with Crippen molar-refractivity contribution in [2.75, 3.05) is 38.3 Å². The van der Waals surface area contributed by atoms with Crippen molar-refractivity contribution in [1.82, 2.24) is 15.5 Å². The van der Waals surface area contributed by atoms with Crippen molar-refractivity contribution in [2.24, 2.45) is 5.92 Å². The Kier molecular flexibility index (Phi) is 6.52. The second-order valence-corrected chi connectivity index (χ2v) is 8.43. The third kappa shape index (κ3) is 4.52. The smallest absolute Gasteiger partial charge is 0.322 e. The van der Waals surface area contributed by atoms with E-state index in [4.69, 9.17) is 16.3 Å². The first kappa shape index (κ1) is 22.3. The molecule has 0 aromatic heterocycles. The molecule has 3 atom stereocenters. The van der Waals surface area contributed by atoms with Crippen molar-refractivity contribution in [3.63, 3.8) is 0 Å². The topological polar surface area (TPSA) is 91.0 Å². The molecule has 0 saturated carbocycles. The minimum atomic E-state index is -1.16. The van der Waals surface area contributed by atoms with Crippen LogP contribution in [0.1, 0.15) is 20.3 Å². The lowest BCUT2D eigenvalue weighted by molar-refractivity contribution is -0.139. The first-order valence-electron chi connectivity index (χ1n) is 9.77. The van der Waals surface area contributed by atoms with Gasteiger partial charge in [-0.3, -0.25) is 14.9 Å². The number of carbonyl (C=O) groups excluding carboxylic acids is 3. The summed E-state index contributed by atoms with van der Waals surface area (Å²) in [4.78, 5) is 40.7. The SMILES string of the molecule is COCC(CC1(C)NC(=O)NC1=O)C(=O)N1CCN(c2ccc(F)c(Cl)c2)C(C)C1. The zero-order chi connectivity index (χ0) is 22.1. The van der Waals surface area contributed by atoms with Crippen LogP contribution < -0.4 is 15.5 Å². The van der Waals surface area contributed by atoms with Gasteiger partial charge in [-0.25, -0.2) is 9.18 Å². The Morgan fingerprint density at radius 1 is 1.40 bits per heavy atom. The molecule has 0 spiro atoms. The molecule has 3 unspecified atom stereocenters. The van der Waals surface area contributed by atoms with Crippen LogP contribution in [-0.2, 0) is 14.3 Å². The van der Waals surface area contributed by atoms with Gasteiger partial charge in [-0.15, -0.1) is 0 Å². The molecule has 2 aliphatic heterocycles. The van der Waals surface area contributed by atoms with Gasteiger partial charge in [-0.1, -0.05) is 11.6 Å².